The highest BCUT2D eigenvalue weighted by Gasteiger charge is 2.17. The van der Waals surface area contributed by atoms with Gasteiger partial charge in [-0.3, -0.25) is 0 Å². The molecule has 0 aromatic heterocycles. The molecule has 16 heavy (non-hydrogen) atoms. The lowest BCUT2D eigenvalue weighted by Crippen LogP contribution is -2.25. The molecule has 0 unspecified atom stereocenters. The van der Waals surface area contributed by atoms with Gasteiger partial charge in [0.05, 0.1) is 11.6 Å². The highest BCUT2D eigenvalue weighted by Crippen LogP contribution is 2.21. The minimum Gasteiger partial charge on any atom is -0.465 e. The third-order valence-corrected chi connectivity index (χ3v) is 1.99. The Morgan fingerprint density at radius 2 is 2.19 bits per heavy atom. The first-order valence-electron chi connectivity index (χ1n) is 4.34. The molecule has 0 aliphatic heterocycles. The predicted molar refractivity (Wildman–Crippen MR) is 50.6 cm³/mol. The molecule has 0 saturated carbocycles. The van der Waals surface area contributed by atoms with Crippen molar-refractivity contribution in [2.75, 3.05) is 0 Å². The summed E-state index contributed by atoms with van der Waals surface area (Å²) in [5.41, 5.74) is -0.645. The molecule has 2 N–H and O–H groups in total. The van der Waals surface area contributed by atoms with Crippen molar-refractivity contribution in [1.82, 2.24) is 5.32 Å². The summed E-state index contributed by atoms with van der Waals surface area (Å²) in [6, 6.07) is 2.18. The molecular weight excluding hydrogens is 218 g/mol. The number of hydrogen-bond donors (Lipinski definition) is 2. The lowest BCUT2D eigenvalue weighted by Gasteiger charge is -2.13. The Morgan fingerprint density at radius 3 is 2.69 bits per heavy atom. The van der Waals surface area contributed by atoms with Crippen molar-refractivity contribution in [2.24, 2.45) is 0 Å². The van der Waals surface area contributed by atoms with Crippen LogP contribution in [0.2, 0.25) is 0 Å². The van der Waals surface area contributed by atoms with Crippen LogP contribution in [0.5, 0.6) is 0 Å². The minimum absolute atomic E-state index is 0.195. The summed E-state index contributed by atoms with van der Waals surface area (Å²) >= 11 is 0. The first-order chi connectivity index (χ1) is 7.45. The first kappa shape index (κ1) is 11.9. The standard InChI is InChI=1S/C10H8F2N2O2/c1-5(14-10(15)16)8-3-7(11)2-6(4-13)9(8)12/h2-3,5,14H,1H3,(H,15,16)/t5-/m1/s1. The van der Waals surface area contributed by atoms with Crippen LogP contribution in [0.4, 0.5) is 13.6 Å². The van der Waals surface area contributed by atoms with Crippen molar-refractivity contribution in [3.05, 3.63) is 34.9 Å². The number of nitrogens with zero attached hydrogens (tertiary/aromatic N) is 1. The molecule has 4 nitrogen and oxygen atoms in total. The summed E-state index contributed by atoms with van der Waals surface area (Å²) < 4.78 is 26.5. The molecule has 84 valence electrons. The average Bonchev–Trinajstić information content (AvgIpc) is 2.19. The smallest absolute Gasteiger partial charge is 0.405 e. The highest BCUT2D eigenvalue weighted by atomic mass is 19.1. The van der Waals surface area contributed by atoms with Gasteiger partial charge in [0, 0.05) is 5.56 Å². The van der Waals surface area contributed by atoms with E-state index in [-0.39, 0.29) is 5.56 Å². The zero-order chi connectivity index (χ0) is 12.3. The summed E-state index contributed by atoms with van der Waals surface area (Å²) in [7, 11) is 0. The van der Waals surface area contributed by atoms with Crippen molar-refractivity contribution in [3.8, 4) is 6.07 Å². The molecule has 6 heteroatoms. The fourth-order valence-electron chi connectivity index (χ4n) is 1.27. The van der Waals surface area contributed by atoms with Crippen LogP contribution in [0, 0.1) is 23.0 Å². The van der Waals surface area contributed by atoms with E-state index in [9.17, 15) is 13.6 Å². The first-order valence-corrected chi connectivity index (χ1v) is 4.34. The maximum absolute atomic E-state index is 13.5. The number of benzene rings is 1. The molecule has 0 radical (unpaired) electrons. The van der Waals surface area contributed by atoms with Crippen molar-refractivity contribution >= 4 is 6.09 Å². The van der Waals surface area contributed by atoms with Gasteiger partial charge in [0.2, 0.25) is 0 Å². The zero-order valence-corrected chi connectivity index (χ0v) is 8.29. The van der Waals surface area contributed by atoms with Crippen LogP contribution in [0.1, 0.15) is 24.1 Å². The Balaban J connectivity index is 3.18. The number of carbonyl (C=O) groups is 1. The van der Waals surface area contributed by atoms with Gasteiger partial charge in [-0.1, -0.05) is 0 Å². The van der Waals surface area contributed by atoms with Crippen LogP contribution >= 0.6 is 0 Å². The second kappa shape index (κ2) is 4.57. The predicted octanol–water partition coefficient (Wildman–Crippen LogP) is 2.17. The van der Waals surface area contributed by atoms with Crippen LogP contribution in [0.25, 0.3) is 0 Å². The molecule has 0 saturated heterocycles. The molecule has 0 heterocycles. The summed E-state index contributed by atoms with van der Waals surface area (Å²) in [6.45, 7) is 1.35. The van der Waals surface area contributed by atoms with Crippen LogP contribution in [0.15, 0.2) is 12.1 Å². The SMILES string of the molecule is C[C@@H](NC(=O)O)c1cc(F)cc(C#N)c1F. The van der Waals surface area contributed by atoms with E-state index >= 15 is 0 Å². The molecule has 0 spiro atoms. The summed E-state index contributed by atoms with van der Waals surface area (Å²) in [6.07, 6.45) is -1.35. The molecule has 0 aliphatic rings. The Kier molecular flexibility index (Phi) is 3.40. The second-order valence-corrected chi connectivity index (χ2v) is 3.14. The van der Waals surface area contributed by atoms with E-state index in [0.29, 0.717) is 0 Å². The van der Waals surface area contributed by atoms with Crippen LogP contribution in [-0.2, 0) is 0 Å². The van der Waals surface area contributed by atoms with E-state index in [1.54, 1.807) is 0 Å². The maximum Gasteiger partial charge on any atom is 0.405 e. The van der Waals surface area contributed by atoms with Crippen molar-refractivity contribution in [2.45, 2.75) is 13.0 Å². The van der Waals surface area contributed by atoms with Crippen molar-refractivity contribution in [3.63, 3.8) is 0 Å². The molecule has 1 aromatic carbocycles. The van der Waals surface area contributed by atoms with E-state index in [0.717, 1.165) is 12.1 Å². The zero-order valence-electron chi connectivity index (χ0n) is 8.29. The lowest BCUT2D eigenvalue weighted by atomic mass is 10.0. The molecular formula is C10H8F2N2O2. The normalized spacial score (nSPS) is 11.6. The molecule has 1 amide bonds. The van der Waals surface area contributed by atoms with Crippen LogP contribution < -0.4 is 5.32 Å². The van der Waals surface area contributed by atoms with Crippen LogP contribution in [0.3, 0.4) is 0 Å². The number of halogens is 2. The Hall–Kier alpha value is -2.16. The number of amides is 1. The quantitative estimate of drug-likeness (QED) is 0.811. The fourth-order valence-corrected chi connectivity index (χ4v) is 1.27. The van der Waals surface area contributed by atoms with Gasteiger partial charge in [-0.2, -0.15) is 5.26 Å². The summed E-state index contributed by atoms with van der Waals surface area (Å²) in [5, 5.41) is 19.0. The number of hydrogen-bond acceptors (Lipinski definition) is 2. The summed E-state index contributed by atoms with van der Waals surface area (Å²) in [4.78, 5) is 10.3. The van der Waals surface area contributed by atoms with E-state index in [1.807, 2.05) is 5.32 Å². The van der Waals surface area contributed by atoms with Gasteiger partial charge >= 0.3 is 6.09 Å². The number of carboxylic acid groups (broad SMARTS) is 1. The van der Waals surface area contributed by atoms with E-state index < -0.39 is 29.3 Å². The third kappa shape index (κ3) is 2.45. The van der Waals surface area contributed by atoms with Gasteiger partial charge in [-0.05, 0) is 19.1 Å². The number of rotatable bonds is 2. The van der Waals surface area contributed by atoms with E-state index in [1.165, 1.54) is 13.0 Å². The third-order valence-electron chi connectivity index (χ3n) is 1.99. The van der Waals surface area contributed by atoms with Gasteiger partial charge in [0.1, 0.15) is 17.7 Å². The average molecular weight is 226 g/mol. The molecule has 1 aromatic rings. The Bertz CT molecular complexity index is 469. The van der Waals surface area contributed by atoms with Crippen molar-refractivity contribution < 1.29 is 18.7 Å². The van der Waals surface area contributed by atoms with Gasteiger partial charge in [0.25, 0.3) is 0 Å². The van der Waals surface area contributed by atoms with E-state index in [2.05, 4.69) is 0 Å². The minimum atomic E-state index is -1.35. The largest absolute Gasteiger partial charge is 0.465 e. The maximum atomic E-state index is 13.5. The Labute approximate surface area is 90.1 Å². The molecule has 0 bridgehead atoms. The Morgan fingerprint density at radius 1 is 1.56 bits per heavy atom. The number of nitrogens with one attached hydrogen (secondary N) is 1. The second-order valence-electron chi connectivity index (χ2n) is 3.14. The van der Waals surface area contributed by atoms with Crippen LogP contribution in [-0.4, -0.2) is 11.2 Å². The highest BCUT2D eigenvalue weighted by molar-refractivity contribution is 5.65. The lowest BCUT2D eigenvalue weighted by molar-refractivity contribution is 0.190. The van der Waals surface area contributed by atoms with Gasteiger partial charge in [0.15, 0.2) is 0 Å². The molecule has 1 atom stereocenters. The van der Waals surface area contributed by atoms with Gasteiger partial charge in [-0.15, -0.1) is 0 Å². The fraction of sp³-hybridized carbons (Fsp3) is 0.200. The topological polar surface area (TPSA) is 73.1 Å². The van der Waals surface area contributed by atoms with Gasteiger partial charge < -0.3 is 10.4 Å². The van der Waals surface area contributed by atoms with E-state index in [4.69, 9.17) is 10.4 Å². The van der Waals surface area contributed by atoms with Gasteiger partial charge in [-0.25, -0.2) is 13.6 Å². The molecule has 0 fully saturated rings. The molecule has 0 aliphatic carbocycles. The van der Waals surface area contributed by atoms with Crippen molar-refractivity contribution in [1.29, 1.82) is 5.26 Å². The number of nitriles is 1. The summed E-state index contributed by atoms with van der Waals surface area (Å²) in [5.74, 6) is -1.70. The monoisotopic (exact) mass is 226 g/mol. The molecule has 1 rings (SSSR count).